The minimum Gasteiger partial charge on any atom is -0.311 e. The lowest BCUT2D eigenvalue weighted by atomic mass is 10.4. The van der Waals surface area contributed by atoms with Crippen molar-refractivity contribution in [2.75, 3.05) is 37.2 Å². The third kappa shape index (κ3) is 12.9. The second kappa shape index (κ2) is 13.9. The van der Waals surface area contributed by atoms with E-state index in [1.807, 2.05) is 23.5 Å². The average molecular weight is 286 g/mol. The van der Waals surface area contributed by atoms with Gasteiger partial charge in [-0.05, 0) is 49.7 Å². The second-order valence-electron chi connectivity index (χ2n) is 3.35. The van der Waals surface area contributed by atoms with Gasteiger partial charge < -0.3 is 9.05 Å². The zero-order valence-electron chi connectivity index (χ0n) is 10.2. The Balaban J connectivity index is 3.12. The summed E-state index contributed by atoms with van der Waals surface area (Å²) in [6, 6.07) is 0. The number of rotatable bonds is 12. The van der Waals surface area contributed by atoms with Crippen molar-refractivity contribution in [3.8, 4) is 0 Å². The molecule has 0 aromatic carbocycles. The minimum atomic E-state index is -2.23. The zero-order valence-corrected chi connectivity index (χ0v) is 12.8. The molecule has 0 amide bonds. The van der Waals surface area contributed by atoms with Crippen molar-refractivity contribution in [3.63, 3.8) is 0 Å². The normalized spacial score (nSPS) is 11.2. The van der Waals surface area contributed by atoms with E-state index in [0.717, 1.165) is 37.2 Å². The Labute approximate surface area is 108 Å². The smallest absolute Gasteiger partial charge is 0.311 e. The van der Waals surface area contributed by atoms with E-state index in [1.54, 1.807) is 0 Å². The maximum absolute atomic E-state index is 11.2. The van der Waals surface area contributed by atoms with Crippen molar-refractivity contribution < 1.29 is 13.6 Å². The zero-order chi connectivity index (χ0) is 12.1. The number of hydrogen-bond donors (Lipinski definition) is 0. The summed E-state index contributed by atoms with van der Waals surface area (Å²) in [7, 11) is -2.23. The van der Waals surface area contributed by atoms with Gasteiger partial charge in [-0.25, -0.2) is 0 Å². The van der Waals surface area contributed by atoms with Crippen LogP contribution in [-0.2, 0) is 13.6 Å². The van der Waals surface area contributed by atoms with Crippen molar-refractivity contribution in [1.82, 2.24) is 0 Å². The summed E-state index contributed by atoms with van der Waals surface area (Å²) in [6.45, 7) is 1.12. The summed E-state index contributed by atoms with van der Waals surface area (Å²) in [4.78, 5) is 0. The molecule has 0 N–H and O–H groups in total. The summed E-state index contributed by atoms with van der Waals surface area (Å²) in [6.07, 6.45) is 8.33. The van der Waals surface area contributed by atoms with Crippen LogP contribution in [0, 0.1) is 0 Å². The maximum atomic E-state index is 11.2. The first-order valence-electron chi connectivity index (χ1n) is 5.58. The van der Waals surface area contributed by atoms with Crippen LogP contribution in [0.3, 0.4) is 0 Å². The van der Waals surface area contributed by atoms with E-state index in [0.29, 0.717) is 13.2 Å². The SMILES string of the molecule is CSCCCCO[PH](=O)OCCCCSC. The lowest BCUT2D eigenvalue weighted by Gasteiger charge is -2.05. The number of hydrogen-bond acceptors (Lipinski definition) is 5. The highest BCUT2D eigenvalue weighted by Crippen LogP contribution is 2.24. The molecule has 0 aliphatic carbocycles. The van der Waals surface area contributed by atoms with Gasteiger partial charge in [-0.3, -0.25) is 4.57 Å². The van der Waals surface area contributed by atoms with E-state index in [1.165, 1.54) is 0 Å². The average Bonchev–Trinajstić information content (AvgIpc) is 2.28. The Morgan fingerprint density at radius 1 is 0.875 bits per heavy atom. The fraction of sp³-hybridized carbons (Fsp3) is 1.00. The van der Waals surface area contributed by atoms with Crippen LogP contribution in [-0.4, -0.2) is 37.2 Å². The predicted molar refractivity (Wildman–Crippen MR) is 76.1 cm³/mol. The first kappa shape index (κ1) is 16.9. The summed E-state index contributed by atoms with van der Waals surface area (Å²) in [5.41, 5.74) is 0. The predicted octanol–water partition coefficient (Wildman–Crippen LogP) is 3.70. The van der Waals surface area contributed by atoms with Gasteiger partial charge in [0, 0.05) is 0 Å². The topological polar surface area (TPSA) is 35.5 Å². The van der Waals surface area contributed by atoms with Gasteiger partial charge in [-0.15, -0.1) is 0 Å². The van der Waals surface area contributed by atoms with Gasteiger partial charge in [0.2, 0.25) is 0 Å². The molecule has 6 heteroatoms. The first-order chi connectivity index (χ1) is 7.81. The molecule has 0 atom stereocenters. The molecule has 0 radical (unpaired) electrons. The van der Waals surface area contributed by atoms with E-state index in [2.05, 4.69) is 12.5 Å². The molecule has 0 rings (SSSR count). The second-order valence-corrected chi connectivity index (χ2v) is 6.40. The van der Waals surface area contributed by atoms with E-state index >= 15 is 0 Å². The monoisotopic (exact) mass is 286 g/mol. The Bertz CT molecular complexity index is 154. The standard InChI is InChI=1S/C10H23O3PS2/c1-15-9-5-3-7-12-14(11)13-8-4-6-10-16-2/h14H,3-10H2,1-2H3. The molecular weight excluding hydrogens is 263 g/mol. The molecule has 0 aromatic heterocycles. The van der Waals surface area contributed by atoms with Crippen LogP contribution in [0.1, 0.15) is 25.7 Å². The van der Waals surface area contributed by atoms with Crippen LogP contribution < -0.4 is 0 Å². The molecule has 0 aliphatic heterocycles. The Morgan fingerprint density at radius 2 is 1.31 bits per heavy atom. The molecule has 0 fully saturated rings. The fourth-order valence-electron chi connectivity index (χ4n) is 1.05. The van der Waals surface area contributed by atoms with Crippen molar-refractivity contribution in [2.24, 2.45) is 0 Å². The van der Waals surface area contributed by atoms with Crippen LogP contribution in [0.25, 0.3) is 0 Å². The van der Waals surface area contributed by atoms with Crippen molar-refractivity contribution in [3.05, 3.63) is 0 Å². The van der Waals surface area contributed by atoms with Gasteiger partial charge in [0.05, 0.1) is 13.2 Å². The molecule has 0 bridgehead atoms. The lowest BCUT2D eigenvalue weighted by Crippen LogP contribution is -1.93. The Hall–Kier alpha value is 0.850. The highest BCUT2D eigenvalue weighted by molar-refractivity contribution is 7.98. The summed E-state index contributed by atoms with van der Waals surface area (Å²) < 4.78 is 21.4. The van der Waals surface area contributed by atoms with Crippen LogP contribution >= 0.6 is 31.8 Å². The van der Waals surface area contributed by atoms with Crippen LogP contribution in [0.2, 0.25) is 0 Å². The van der Waals surface area contributed by atoms with Gasteiger partial charge in [0.1, 0.15) is 0 Å². The van der Waals surface area contributed by atoms with Gasteiger partial charge in [-0.2, -0.15) is 23.5 Å². The molecule has 0 spiro atoms. The van der Waals surface area contributed by atoms with Crippen molar-refractivity contribution >= 4 is 31.8 Å². The van der Waals surface area contributed by atoms with Gasteiger partial charge >= 0.3 is 8.25 Å². The molecule has 3 nitrogen and oxygen atoms in total. The largest absolute Gasteiger partial charge is 0.319 e. The molecular formula is C10H23O3PS2. The van der Waals surface area contributed by atoms with Gasteiger partial charge in [-0.1, -0.05) is 0 Å². The van der Waals surface area contributed by atoms with E-state index in [4.69, 9.17) is 9.05 Å². The molecule has 98 valence electrons. The molecule has 0 unspecified atom stereocenters. The first-order valence-corrected chi connectivity index (χ1v) is 9.60. The maximum Gasteiger partial charge on any atom is 0.319 e. The molecule has 0 heterocycles. The van der Waals surface area contributed by atoms with Crippen LogP contribution in [0.4, 0.5) is 0 Å². The number of unbranched alkanes of at least 4 members (excludes halogenated alkanes) is 2. The third-order valence-corrected chi connectivity index (χ3v) is 4.20. The highest BCUT2D eigenvalue weighted by Gasteiger charge is 1.99. The van der Waals surface area contributed by atoms with E-state index in [9.17, 15) is 4.57 Å². The molecule has 0 aliphatic rings. The third-order valence-electron chi connectivity index (χ3n) is 1.93. The minimum absolute atomic E-state index is 0.559. The van der Waals surface area contributed by atoms with Crippen LogP contribution in [0.5, 0.6) is 0 Å². The molecule has 16 heavy (non-hydrogen) atoms. The van der Waals surface area contributed by atoms with Crippen LogP contribution in [0.15, 0.2) is 0 Å². The van der Waals surface area contributed by atoms with Crippen molar-refractivity contribution in [1.29, 1.82) is 0 Å². The van der Waals surface area contributed by atoms with E-state index in [-0.39, 0.29) is 0 Å². The highest BCUT2D eigenvalue weighted by atomic mass is 32.2. The molecule has 0 saturated heterocycles. The summed E-state index contributed by atoms with van der Waals surface area (Å²) in [5.74, 6) is 2.28. The molecule has 0 saturated carbocycles. The fourth-order valence-corrected chi connectivity index (χ4v) is 2.74. The Morgan fingerprint density at radius 3 is 1.69 bits per heavy atom. The van der Waals surface area contributed by atoms with Gasteiger partial charge in [0.25, 0.3) is 0 Å². The van der Waals surface area contributed by atoms with Crippen molar-refractivity contribution in [2.45, 2.75) is 25.7 Å². The Kier molecular flexibility index (Phi) is 14.7. The lowest BCUT2D eigenvalue weighted by molar-refractivity contribution is 0.221. The summed E-state index contributed by atoms with van der Waals surface area (Å²) in [5, 5.41) is 0. The number of thioether (sulfide) groups is 2. The molecule has 0 aromatic rings. The quantitative estimate of drug-likeness (QED) is 0.404. The van der Waals surface area contributed by atoms with Gasteiger partial charge in [0.15, 0.2) is 0 Å². The summed E-state index contributed by atoms with van der Waals surface area (Å²) >= 11 is 3.65. The van der Waals surface area contributed by atoms with E-state index < -0.39 is 8.25 Å².